The number of benzene rings is 1. The molecule has 3 heterocycles. The molecule has 2 aromatic rings. The van der Waals surface area contributed by atoms with Crippen LogP contribution in [-0.2, 0) is 13.1 Å². The molecule has 134 valence electrons. The summed E-state index contributed by atoms with van der Waals surface area (Å²) in [6.07, 6.45) is 5.12. The highest BCUT2D eigenvalue weighted by Gasteiger charge is 2.17. The maximum atomic E-state index is 12.9. The molecule has 0 unspecified atom stereocenters. The van der Waals surface area contributed by atoms with Gasteiger partial charge in [0.05, 0.1) is 12.1 Å². The van der Waals surface area contributed by atoms with Crippen LogP contribution >= 0.6 is 0 Å². The Morgan fingerprint density at radius 2 is 1.81 bits per heavy atom. The van der Waals surface area contributed by atoms with Gasteiger partial charge in [0.15, 0.2) is 5.82 Å². The van der Waals surface area contributed by atoms with Gasteiger partial charge in [-0.05, 0) is 36.2 Å². The first kappa shape index (κ1) is 16.9. The van der Waals surface area contributed by atoms with Gasteiger partial charge >= 0.3 is 5.69 Å². The summed E-state index contributed by atoms with van der Waals surface area (Å²) in [5.41, 5.74) is 2.55. The summed E-state index contributed by atoms with van der Waals surface area (Å²) in [5.74, 6) is 0.399. The number of aromatic nitrogens is 4. The second-order valence-corrected chi connectivity index (χ2v) is 6.51. The smallest absolute Gasteiger partial charge is 0.328 e. The first-order chi connectivity index (χ1) is 13.1. The molecule has 0 spiro atoms. The number of hydrogen-bond donors (Lipinski definition) is 0. The van der Waals surface area contributed by atoms with Crippen LogP contribution in [0.15, 0.2) is 76.7 Å². The molecule has 0 saturated carbocycles. The molecule has 0 saturated heterocycles. The van der Waals surface area contributed by atoms with Gasteiger partial charge in [0.25, 0.3) is 5.56 Å². The van der Waals surface area contributed by atoms with Gasteiger partial charge in [-0.15, -0.1) is 0 Å². The quantitative estimate of drug-likeness (QED) is 0.561. The molecule has 1 aromatic carbocycles. The Bertz CT molecular complexity index is 1180. The lowest BCUT2D eigenvalue weighted by Crippen LogP contribution is -2.38. The molecule has 0 aliphatic carbocycles. The maximum absolute atomic E-state index is 12.9. The SMILES string of the molecule is Cc1cccc(Cn2cccc3c(=O)n(Cc4cccnc4)c(=O)nc2-3)c1. The second-order valence-electron chi connectivity index (χ2n) is 6.51. The van der Waals surface area contributed by atoms with Crippen molar-refractivity contribution in [3.8, 4) is 11.4 Å². The predicted molar refractivity (Wildman–Crippen MR) is 103 cm³/mol. The zero-order chi connectivity index (χ0) is 18.8. The molecule has 0 N–H and O–H groups in total. The number of fused-ring (bicyclic) bond motifs is 1. The summed E-state index contributed by atoms with van der Waals surface area (Å²) in [4.78, 5) is 33.7. The van der Waals surface area contributed by atoms with E-state index < -0.39 is 5.69 Å². The summed E-state index contributed by atoms with van der Waals surface area (Å²) in [5, 5.41) is 0. The van der Waals surface area contributed by atoms with Gasteiger partial charge in [-0.3, -0.25) is 14.3 Å². The van der Waals surface area contributed by atoms with Crippen molar-refractivity contribution in [3.05, 3.63) is 105 Å². The molecule has 0 bridgehead atoms. The number of rotatable bonds is 4. The predicted octanol–water partition coefficient (Wildman–Crippen LogP) is 2.31. The Morgan fingerprint density at radius 3 is 2.59 bits per heavy atom. The maximum Gasteiger partial charge on any atom is 0.352 e. The van der Waals surface area contributed by atoms with E-state index in [1.807, 2.05) is 42.0 Å². The van der Waals surface area contributed by atoms with Crippen LogP contribution in [0.25, 0.3) is 11.4 Å². The largest absolute Gasteiger partial charge is 0.352 e. The molecule has 6 heteroatoms. The molecule has 4 rings (SSSR count). The minimum atomic E-state index is -0.555. The standard InChI is InChI=1S/C21H18N4O2/c1-15-5-2-6-16(11-15)13-24-10-4-8-18-19(24)23-21(27)25(20(18)26)14-17-7-3-9-22-12-17/h2-12H,13-14H2,1H3. The van der Waals surface area contributed by atoms with Crippen molar-refractivity contribution < 1.29 is 0 Å². The van der Waals surface area contributed by atoms with E-state index in [0.717, 1.165) is 21.3 Å². The van der Waals surface area contributed by atoms with E-state index in [-0.39, 0.29) is 12.1 Å². The van der Waals surface area contributed by atoms with Crippen molar-refractivity contribution in [1.82, 2.24) is 19.1 Å². The monoisotopic (exact) mass is 358 g/mol. The minimum Gasteiger partial charge on any atom is -0.328 e. The van der Waals surface area contributed by atoms with Gasteiger partial charge in [0, 0.05) is 25.1 Å². The first-order valence-corrected chi connectivity index (χ1v) is 8.66. The lowest BCUT2D eigenvalue weighted by Gasteiger charge is -2.15. The molecule has 0 atom stereocenters. The van der Waals surface area contributed by atoms with Crippen LogP contribution in [-0.4, -0.2) is 19.1 Å². The summed E-state index contributed by atoms with van der Waals surface area (Å²) >= 11 is 0. The zero-order valence-electron chi connectivity index (χ0n) is 14.9. The lowest BCUT2D eigenvalue weighted by molar-refractivity contribution is 0.677. The Labute approximate surface area is 155 Å². The molecule has 1 aromatic heterocycles. The third kappa shape index (κ3) is 3.42. The highest BCUT2D eigenvalue weighted by atomic mass is 16.2. The molecular formula is C21H18N4O2. The van der Waals surface area contributed by atoms with E-state index in [9.17, 15) is 9.59 Å². The van der Waals surface area contributed by atoms with Gasteiger partial charge in [-0.1, -0.05) is 35.9 Å². The van der Waals surface area contributed by atoms with Crippen LogP contribution in [0.2, 0.25) is 0 Å². The second kappa shape index (κ2) is 6.99. The highest BCUT2D eigenvalue weighted by molar-refractivity contribution is 5.54. The van der Waals surface area contributed by atoms with E-state index >= 15 is 0 Å². The van der Waals surface area contributed by atoms with Crippen molar-refractivity contribution in [2.45, 2.75) is 20.0 Å². The number of hydrogen-bond acceptors (Lipinski definition) is 4. The molecule has 2 aliphatic rings. The van der Waals surface area contributed by atoms with E-state index in [2.05, 4.69) is 16.0 Å². The van der Waals surface area contributed by atoms with E-state index in [4.69, 9.17) is 0 Å². The minimum absolute atomic E-state index is 0.154. The Kier molecular flexibility index (Phi) is 4.38. The van der Waals surface area contributed by atoms with E-state index in [1.54, 1.807) is 30.6 Å². The van der Waals surface area contributed by atoms with Crippen LogP contribution in [0, 0.1) is 6.92 Å². The molecule has 0 fully saturated rings. The fourth-order valence-corrected chi connectivity index (χ4v) is 3.17. The first-order valence-electron chi connectivity index (χ1n) is 8.66. The van der Waals surface area contributed by atoms with Crippen molar-refractivity contribution >= 4 is 0 Å². The van der Waals surface area contributed by atoms with Gasteiger partial charge < -0.3 is 4.57 Å². The van der Waals surface area contributed by atoms with Crippen LogP contribution < -0.4 is 11.2 Å². The van der Waals surface area contributed by atoms with Gasteiger partial charge in [-0.25, -0.2) is 4.79 Å². The molecular weight excluding hydrogens is 340 g/mol. The van der Waals surface area contributed by atoms with Gasteiger partial charge in [-0.2, -0.15) is 4.98 Å². The normalized spacial score (nSPS) is 11.0. The fourth-order valence-electron chi connectivity index (χ4n) is 3.17. The average Bonchev–Trinajstić information content (AvgIpc) is 2.67. The van der Waals surface area contributed by atoms with Crippen LogP contribution in [0.1, 0.15) is 16.7 Å². The fraction of sp³-hybridized carbons (Fsp3) is 0.143. The third-order valence-corrected chi connectivity index (χ3v) is 4.45. The van der Waals surface area contributed by atoms with Crippen molar-refractivity contribution in [2.75, 3.05) is 0 Å². The van der Waals surface area contributed by atoms with Crippen molar-refractivity contribution in [2.24, 2.45) is 0 Å². The molecule has 0 radical (unpaired) electrons. The van der Waals surface area contributed by atoms with Crippen molar-refractivity contribution in [3.63, 3.8) is 0 Å². The van der Waals surface area contributed by atoms with Crippen LogP contribution in [0.4, 0.5) is 0 Å². The Morgan fingerprint density at radius 1 is 0.963 bits per heavy atom. The molecule has 2 aliphatic heterocycles. The number of nitrogens with zero attached hydrogens (tertiary/aromatic N) is 4. The number of pyridine rings is 2. The summed E-state index contributed by atoms with van der Waals surface area (Å²) in [6.45, 7) is 2.72. The molecule has 6 nitrogen and oxygen atoms in total. The van der Waals surface area contributed by atoms with Crippen LogP contribution in [0.3, 0.4) is 0 Å². The summed E-state index contributed by atoms with van der Waals surface area (Å²) in [6, 6.07) is 15.2. The average molecular weight is 358 g/mol. The van der Waals surface area contributed by atoms with E-state index in [0.29, 0.717) is 17.9 Å². The summed E-state index contributed by atoms with van der Waals surface area (Å²) < 4.78 is 2.98. The van der Waals surface area contributed by atoms with Gasteiger partial charge in [0.1, 0.15) is 0 Å². The summed E-state index contributed by atoms with van der Waals surface area (Å²) in [7, 11) is 0. The van der Waals surface area contributed by atoms with E-state index in [1.165, 1.54) is 0 Å². The highest BCUT2D eigenvalue weighted by Crippen LogP contribution is 2.16. The molecule has 0 amide bonds. The molecule has 27 heavy (non-hydrogen) atoms. The zero-order valence-corrected chi connectivity index (χ0v) is 14.9. The lowest BCUT2D eigenvalue weighted by atomic mass is 10.1. The Hall–Kier alpha value is -3.54. The van der Waals surface area contributed by atoms with Crippen LogP contribution in [0.5, 0.6) is 0 Å². The third-order valence-electron chi connectivity index (χ3n) is 4.45. The topological polar surface area (TPSA) is 69.8 Å². The number of aryl methyl sites for hydroxylation is 1. The Balaban J connectivity index is 1.79. The van der Waals surface area contributed by atoms with Gasteiger partial charge in [0.2, 0.25) is 0 Å². The van der Waals surface area contributed by atoms with Crippen molar-refractivity contribution in [1.29, 1.82) is 0 Å².